The number of ether oxygens (including phenoxy) is 1. The maximum atomic E-state index is 8.47. The molecule has 0 saturated heterocycles. The van der Waals surface area contributed by atoms with E-state index in [1.807, 2.05) is 13.0 Å². The van der Waals surface area contributed by atoms with Gasteiger partial charge < -0.3 is 10.5 Å². The van der Waals surface area contributed by atoms with E-state index in [1.54, 1.807) is 0 Å². The number of hydrogen-bond donors (Lipinski definition) is 1. The summed E-state index contributed by atoms with van der Waals surface area (Å²) in [5.74, 6) is 0.965. The maximum Gasteiger partial charge on any atom is 0.125 e. The number of para-hydroxylation sites is 1. The second-order valence-corrected chi connectivity index (χ2v) is 4.71. The summed E-state index contributed by atoms with van der Waals surface area (Å²) in [5, 5.41) is 8.47. The molecule has 0 amide bonds. The van der Waals surface area contributed by atoms with Crippen molar-refractivity contribution in [3.05, 3.63) is 29.3 Å². The minimum atomic E-state index is 0.132. The molecule has 3 nitrogen and oxygen atoms in total. The first-order valence-corrected chi connectivity index (χ1v) is 6.49. The number of aryl methyl sites for hydroxylation is 1. The van der Waals surface area contributed by atoms with E-state index in [-0.39, 0.29) is 6.04 Å². The van der Waals surface area contributed by atoms with Gasteiger partial charge in [0.1, 0.15) is 5.75 Å². The number of rotatable bonds is 7. The van der Waals surface area contributed by atoms with E-state index >= 15 is 0 Å². The summed E-state index contributed by atoms with van der Waals surface area (Å²) in [6, 6.07) is 8.43. The molecule has 0 aliphatic heterocycles. The smallest absolute Gasteiger partial charge is 0.125 e. The summed E-state index contributed by atoms with van der Waals surface area (Å²) in [6.07, 6.45) is 3.24. The molecule has 98 valence electrons. The van der Waals surface area contributed by atoms with Gasteiger partial charge in [0.2, 0.25) is 0 Å². The van der Waals surface area contributed by atoms with Crippen molar-refractivity contribution in [2.75, 3.05) is 6.61 Å². The third-order valence-corrected chi connectivity index (χ3v) is 2.76. The zero-order valence-corrected chi connectivity index (χ0v) is 11.3. The predicted molar refractivity (Wildman–Crippen MR) is 73.5 cm³/mol. The Morgan fingerprint density at radius 1 is 1.39 bits per heavy atom. The van der Waals surface area contributed by atoms with Gasteiger partial charge in [-0.3, -0.25) is 0 Å². The Labute approximate surface area is 110 Å². The Morgan fingerprint density at radius 2 is 2.17 bits per heavy atom. The van der Waals surface area contributed by atoms with Crippen molar-refractivity contribution < 1.29 is 4.74 Å². The molecule has 2 N–H and O–H groups in total. The molecule has 0 bridgehead atoms. The molecule has 0 fully saturated rings. The molecule has 1 atom stereocenters. The van der Waals surface area contributed by atoms with Gasteiger partial charge in [-0.1, -0.05) is 18.2 Å². The van der Waals surface area contributed by atoms with E-state index in [9.17, 15) is 0 Å². The van der Waals surface area contributed by atoms with Crippen LogP contribution in [-0.4, -0.2) is 12.6 Å². The number of unbranched alkanes of at least 4 members (excludes halogenated alkanes) is 2. The Hall–Kier alpha value is -1.53. The van der Waals surface area contributed by atoms with Crippen molar-refractivity contribution in [3.8, 4) is 11.8 Å². The minimum absolute atomic E-state index is 0.132. The Morgan fingerprint density at radius 3 is 2.83 bits per heavy atom. The number of nitriles is 1. The standard InChI is InChI=1S/C15H22N2O/c1-12-7-6-8-14(11-13(2)17)15(12)18-10-5-3-4-9-16/h6-8,13H,3-5,10-11,17H2,1-2H3. The zero-order chi connectivity index (χ0) is 13.4. The fourth-order valence-electron chi connectivity index (χ4n) is 1.91. The first-order valence-electron chi connectivity index (χ1n) is 6.49. The highest BCUT2D eigenvalue weighted by Gasteiger charge is 2.08. The quantitative estimate of drug-likeness (QED) is 0.752. The van der Waals surface area contributed by atoms with Gasteiger partial charge in [0.15, 0.2) is 0 Å². The fourth-order valence-corrected chi connectivity index (χ4v) is 1.91. The topological polar surface area (TPSA) is 59.0 Å². The SMILES string of the molecule is Cc1cccc(CC(C)N)c1OCCCCC#N. The van der Waals surface area contributed by atoms with Gasteiger partial charge in [-0.25, -0.2) is 0 Å². The lowest BCUT2D eigenvalue weighted by Crippen LogP contribution is -2.18. The second kappa shape index (κ2) is 7.73. The van der Waals surface area contributed by atoms with Crippen molar-refractivity contribution in [1.29, 1.82) is 5.26 Å². The maximum absolute atomic E-state index is 8.47. The lowest BCUT2D eigenvalue weighted by atomic mass is 10.0. The number of nitrogens with two attached hydrogens (primary N) is 1. The first kappa shape index (κ1) is 14.5. The van der Waals surface area contributed by atoms with Crippen molar-refractivity contribution in [2.45, 2.75) is 45.6 Å². The van der Waals surface area contributed by atoms with Crippen LogP contribution in [0, 0.1) is 18.3 Å². The van der Waals surface area contributed by atoms with Gasteiger partial charge in [0, 0.05) is 12.5 Å². The highest BCUT2D eigenvalue weighted by atomic mass is 16.5. The molecular weight excluding hydrogens is 224 g/mol. The van der Waals surface area contributed by atoms with Gasteiger partial charge in [-0.2, -0.15) is 5.26 Å². The monoisotopic (exact) mass is 246 g/mol. The average Bonchev–Trinajstić information content (AvgIpc) is 2.31. The zero-order valence-electron chi connectivity index (χ0n) is 11.3. The molecule has 0 heterocycles. The molecule has 0 aliphatic carbocycles. The summed E-state index contributed by atoms with van der Waals surface area (Å²) in [7, 11) is 0. The highest BCUT2D eigenvalue weighted by molar-refractivity contribution is 5.41. The molecule has 1 rings (SSSR count). The van der Waals surface area contributed by atoms with E-state index in [2.05, 4.69) is 25.1 Å². The van der Waals surface area contributed by atoms with Crippen LogP contribution in [0.3, 0.4) is 0 Å². The van der Waals surface area contributed by atoms with E-state index in [4.69, 9.17) is 15.7 Å². The third kappa shape index (κ3) is 4.77. The molecule has 0 radical (unpaired) electrons. The van der Waals surface area contributed by atoms with Crippen LogP contribution in [0.15, 0.2) is 18.2 Å². The van der Waals surface area contributed by atoms with Crippen LogP contribution in [0.5, 0.6) is 5.75 Å². The number of benzene rings is 1. The summed E-state index contributed by atoms with van der Waals surface area (Å²) in [4.78, 5) is 0. The van der Waals surface area contributed by atoms with Gasteiger partial charge >= 0.3 is 0 Å². The molecule has 3 heteroatoms. The Kier molecular flexibility index (Phi) is 6.24. The third-order valence-electron chi connectivity index (χ3n) is 2.76. The molecule has 0 aromatic heterocycles. The summed E-state index contributed by atoms with van der Waals surface area (Å²) < 4.78 is 5.85. The van der Waals surface area contributed by atoms with Crippen LogP contribution in [0.4, 0.5) is 0 Å². The lowest BCUT2D eigenvalue weighted by Gasteiger charge is -2.15. The number of hydrogen-bond acceptors (Lipinski definition) is 3. The van der Waals surface area contributed by atoms with Crippen LogP contribution in [0.2, 0.25) is 0 Å². The van der Waals surface area contributed by atoms with Gasteiger partial charge in [-0.15, -0.1) is 0 Å². The van der Waals surface area contributed by atoms with E-state index in [1.165, 1.54) is 5.56 Å². The molecule has 0 spiro atoms. The molecule has 1 aromatic rings. The van der Waals surface area contributed by atoms with Gasteiger partial charge in [0.05, 0.1) is 12.7 Å². The van der Waals surface area contributed by atoms with Crippen molar-refractivity contribution in [2.24, 2.45) is 5.73 Å². The largest absolute Gasteiger partial charge is 0.493 e. The number of nitrogens with zero attached hydrogens (tertiary/aromatic N) is 1. The molecule has 0 saturated carbocycles. The summed E-state index contributed by atoms with van der Waals surface area (Å²) in [6.45, 7) is 4.72. The van der Waals surface area contributed by atoms with E-state index in [0.29, 0.717) is 13.0 Å². The predicted octanol–water partition coefficient (Wildman–Crippen LogP) is 2.96. The summed E-state index contributed by atoms with van der Waals surface area (Å²) in [5.41, 5.74) is 8.16. The van der Waals surface area contributed by atoms with Crippen LogP contribution in [0.25, 0.3) is 0 Å². The molecule has 0 aliphatic rings. The van der Waals surface area contributed by atoms with Crippen LogP contribution >= 0.6 is 0 Å². The lowest BCUT2D eigenvalue weighted by molar-refractivity contribution is 0.302. The average molecular weight is 246 g/mol. The Bertz CT molecular complexity index is 407. The van der Waals surface area contributed by atoms with E-state index < -0.39 is 0 Å². The summed E-state index contributed by atoms with van der Waals surface area (Å²) >= 11 is 0. The van der Waals surface area contributed by atoms with Crippen molar-refractivity contribution in [3.63, 3.8) is 0 Å². The van der Waals surface area contributed by atoms with Crippen LogP contribution in [0.1, 0.15) is 37.3 Å². The minimum Gasteiger partial charge on any atom is -0.493 e. The normalized spacial score (nSPS) is 11.9. The molecule has 18 heavy (non-hydrogen) atoms. The molecule has 1 aromatic carbocycles. The Balaban J connectivity index is 2.59. The molecule has 1 unspecified atom stereocenters. The molecular formula is C15H22N2O. The fraction of sp³-hybridized carbons (Fsp3) is 0.533. The van der Waals surface area contributed by atoms with Gasteiger partial charge in [0.25, 0.3) is 0 Å². The van der Waals surface area contributed by atoms with Crippen molar-refractivity contribution >= 4 is 0 Å². The van der Waals surface area contributed by atoms with Gasteiger partial charge in [-0.05, 0) is 44.2 Å². The van der Waals surface area contributed by atoms with Crippen molar-refractivity contribution in [1.82, 2.24) is 0 Å². The highest BCUT2D eigenvalue weighted by Crippen LogP contribution is 2.24. The first-order chi connectivity index (χ1) is 8.65. The van der Waals surface area contributed by atoms with Crippen LogP contribution in [-0.2, 0) is 6.42 Å². The van der Waals surface area contributed by atoms with E-state index in [0.717, 1.165) is 30.6 Å². The second-order valence-electron chi connectivity index (χ2n) is 4.71. The van der Waals surface area contributed by atoms with Crippen LogP contribution < -0.4 is 10.5 Å².